The number of carboxylic acid groups (broad SMARTS) is 1. The van der Waals surface area contributed by atoms with Gasteiger partial charge in [-0.1, -0.05) is 19.1 Å². The molecule has 1 amide bonds. The smallest absolute Gasteiger partial charge is 0.411 e. The predicted octanol–water partition coefficient (Wildman–Crippen LogP) is 1.01. The van der Waals surface area contributed by atoms with Crippen molar-refractivity contribution in [3.05, 3.63) is 29.8 Å². The highest BCUT2D eigenvalue weighted by molar-refractivity contribution is 5.90. The van der Waals surface area contributed by atoms with Crippen LogP contribution in [-0.2, 0) is 4.74 Å². The highest BCUT2D eigenvalue weighted by Gasteiger charge is 2.03. The van der Waals surface area contributed by atoms with Gasteiger partial charge in [-0.25, -0.2) is 4.79 Å². The zero-order valence-electron chi connectivity index (χ0n) is 8.86. The Bertz CT molecular complexity index is 389. The maximum atomic E-state index is 11.2. The van der Waals surface area contributed by atoms with Gasteiger partial charge in [0.05, 0.1) is 12.6 Å². The maximum Gasteiger partial charge on any atom is 0.411 e. The number of carbonyl (C=O) groups excluding carboxylic acids is 2. The Labute approximate surface area is 93.0 Å². The van der Waals surface area contributed by atoms with Crippen LogP contribution in [-0.4, -0.2) is 18.7 Å². The largest absolute Gasteiger partial charge is 0.545 e. The lowest BCUT2D eigenvalue weighted by Gasteiger charge is -2.08. The molecule has 0 aliphatic heterocycles. The average molecular weight is 222 g/mol. The lowest BCUT2D eigenvalue weighted by Crippen LogP contribution is -2.22. The molecule has 0 radical (unpaired) electrons. The second kappa shape index (κ2) is 5.75. The molecular formula is C11H12NO4-. The average Bonchev–Trinajstić information content (AvgIpc) is 2.26. The van der Waals surface area contributed by atoms with Crippen LogP contribution in [0.5, 0.6) is 0 Å². The van der Waals surface area contributed by atoms with Gasteiger partial charge in [0.1, 0.15) is 0 Å². The van der Waals surface area contributed by atoms with Gasteiger partial charge in [0, 0.05) is 5.69 Å². The normalized spacial score (nSPS) is 9.56. The summed E-state index contributed by atoms with van der Waals surface area (Å²) in [6.45, 7) is 2.20. The summed E-state index contributed by atoms with van der Waals surface area (Å²) >= 11 is 0. The molecule has 0 aliphatic rings. The van der Waals surface area contributed by atoms with E-state index in [2.05, 4.69) is 5.32 Å². The molecule has 0 unspecified atom stereocenters. The van der Waals surface area contributed by atoms with E-state index in [0.29, 0.717) is 12.3 Å². The van der Waals surface area contributed by atoms with Gasteiger partial charge in [0.15, 0.2) is 0 Å². The maximum absolute atomic E-state index is 11.2. The number of hydrogen-bond donors (Lipinski definition) is 1. The Kier molecular flexibility index (Phi) is 4.32. The summed E-state index contributed by atoms with van der Waals surface area (Å²) < 4.78 is 4.78. The van der Waals surface area contributed by atoms with E-state index in [-0.39, 0.29) is 5.56 Å². The minimum absolute atomic E-state index is 0.00768. The molecule has 1 aromatic rings. The van der Waals surface area contributed by atoms with Gasteiger partial charge in [-0.05, 0) is 24.1 Å². The van der Waals surface area contributed by atoms with Crippen molar-refractivity contribution in [1.29, 1.82) is 0 Å². The van der Waals surface area contributed by atoms with Crippen molar-refractivity contribution < 1.29 is 19.4 Å². The SMILES string of the molecule is CCCOC(=O)Nc1cccc(C(=O)[O-])c1. The van der Waals surface area contributed by atoms with E-state index in [1.165, 1.54) is 18.2 Å². The molecule has 0 fully saturated rings. The van der Waals surface area contributed by atoms with E-state index in [1.54, 1.807) is 6.07 Å². The fourth-order valence-electron chi connectivity index (χ4n) is 1.07. The van der Waals surface area contributed by atoms with Gasteiger partial charge in [0.25, 0.3) is 0 Å². The molecule has 0 bridgehead atoms. The molecule has 0 aromatic heterocycles. The molecule has 86 valence electrons. The van der Waals surface area contributed by atoms with E-state index in [0.717, 1.165) is 6.42 Å². The number of amides is 1. The van der Waals surface area contributed by atoms with Crippen molar-refractivity contribution in [3.8, 4) is 0 Å². The molecule has 0 heterocycles. The first kappa shape index (κ1) is 12.0. The number of anilines is 1. The van der Waals surface area contributed by atoms with Crippen LogP contribution in [0.4, 0.5) is 10.5 Å². The van der Waals surface area contributed by atoms with Crippen molar-refractivity contribution in [2.45, 2.75) is 13.3 Å². The van der Waals surface area contributed by atoms with Crippen molar-refractivity contribution in [3.63, 3.8) is 0 Å². The molecule has 1 rings (SSSR count). The summed E-state index contributed by atoms with van der Waals surface area (Å²) in [4.78, 5) is 21.7. The van der Waals surface area contributed by atoms with Gasteiger partial charge in [0.2, 0.25) is 0 Å². The molecule has 0 spiro atoms. The number of ether oxygens (including phenoxy) is 1. The standard InChI is InChI=1S/C11H13NO4/c1-2-6-16-11(15)12-9-5-3-4-8(7-9)10(13)14/h3-5,7H,2,6H2,1H3,(H,12,15)(H,13,14)/p-1. The van der Waals surface area contributed by atoms with Crippen LogP contribution in [0.1, 0.15) is 23.7 Å². The van der Waals surface area contributed by atoms with E-state index < -0.39 is 12.1 Å². The molecule has 0 atom stereocenters. The van der Waals surface area contributed by atoms with Crippen molar-refractivity contribution in [2.75, 3.05) is 11.9 Å². The Morgan fingerprint density at radius 3 is 2.81 bits per heavy atom. The van der Waals surface area contributed by atoms with Gasteiger partial charge < -0.3 is 14.6 Å². The number of benzene rings is 1. The van der Waals surface area contributed by atoms with Crippen molar-refractivity contribution in [2.24, 2.45) is 0 Å². The summed E-state index contributed by atoms with van der Waals surface area (Å²) in [7, 11) is 0. The summed E-state index contributed by atoms with van der Waals surface area (Å²) in [5, 5.41) is 13.0. The number of carboxylic acids is 1. The summed E-state index contributed by atoms with van der Waals surface area (Å²) in [6, 6.07) is 5.78. The van der Waals surface area contributed by atoms with E-state index in [9.17, 15) is 14.7 Å². The first-order valence-corrected chi connectivity index (χ1v) is 4.88. The highest BCUT2D eigenvalue weighted by atomic mass is 16.5. The number of rotatable bonds is 4. The fourth-order valence-corrected chi connectivity index (χ4v) is 1.07. The first-order chi connectivity index (χ1) is 7.63. The van der Waals surface area contributed by atoms with E-state index in [4.69, 9.17) is 4.74 Å². The van der Waals surface area contributed by atoms with Crippen LogP contribution in [0.2, 0.25) is 0 Å². The summed E-state index contributed by atoms with van der Waals surface area (Å²) in [5.41, 5.74) is 0.371. The molecule has 16 heavy (non-hydrogen) atoms. The van der Waals surface area contributed by atoms with Gasteiger partial charge >= 0.3 is 6.09 Å². The minimum Gasteiger partial charge on any atom is -0.545 e. The van der Waals surface area contributed by atoms with Gasteiger partial charge in [-0.15, -0.1) is 0 Å². The van der Waals surface area contributed by atoms with Crippen molar-refractivity contribution in [1.82, 2.24) is 0 Å². The Hall–Kier alpha value is -2.04. The molecule has 0 saturated carbocycles. The molecule has 5 nitrogen and oxygen atoms in total. The molecular weight excluding hydrogens is 210 g/mol. The van der Waals surface area contributed by atoms with Crippen LogP contribution < -0.4 is 10.4 Å². The molecule has 0 aliphatic carbocycles. The third-order valence-corrected chi connectivity index (χ3v) is 1.78. The van der Waals surface area contributed by atoms with E-state index >= 15 is 0 Å². The second-order valence-electron chi connectivity index (χ2n) is 3.13. The number of carbonyl (C=O) groups is 2. The Morgan fingerprint density at radius 2 is 2.19 bits per heavy atom. The summed E-state index contributed by atoms with van der Waals surface area (Å²) in [6.07, 6.45) is 0.129. The second-order valence-corrected chi connectivity index (χ2v) is 3.13. The number of hydrogen-bond acceptors (Lipinski definition) is 4. The fraction of sp³-hybridized carbons (Fsp3) is 0.273. The third kappa shape index (κ3) is 3.61. The monoisotopic (exact) mass is 222 g/mol. The molecule has 5 heteroatoms. The topological polar surface area (TPSA) is 78.5 Å². The summed E-state index contributed by atoms with van der Waals surface area (Å²) in [5.74, 6) is -1.29. The van der Waals surface area contributed by atoms with Crippen LogP contribution in [0, 0.1) is 0 Å². The highest BCUT2D eigenvalue weighted by Crippen LogP contribution is 2.10. The zero-order chi connectivity index (χ0) is 12.0. The number of aromatic carboxylic acids is 1. The molecule has 1 aromatic carbocycles. The lowest BCUT2D eigenvalue weighted by molar-refractivity contribution is -0.255. The number of nitrogens with one attached hydrogen (secondary N) is 1. The predicted molar refractivity (Wildman–Crippen MR) is 56.0 cm³/mol. The van der Waals surface area contributed by atoms with Crippen molar-refractivity contribution >= 4 is 17.7 Å². The lowest BCUT2D eigenvalue weighted by atomic mass is 10.2. The zero-order valence-corrected chi connectivity index (χ0v) is 8.86. The van der Waals surface area contributed by atoms with Gasteiger partial charge in [-0.3, -0.25) is 5.32 Å². The van der Waals surface area contributed by atoms with Gasteiger partial charge in [-0.2, -0.15) is 0 Å². The Balaban J connectivity index is 2.63. The van der Waals surface area contributed by atoms with Crippen LogP contribution >= 0.6 is 0 Å². The third-order valence-electron chi connectivity index (χ3n) is 1.78. The van der Waals surface area contributed by atoms with Crippen LogP contribution in [0.15, 0.2) is 24.3 Å². The minimum atomic E-state index is -1.29. The quantitative estimate of drug-likeness (QED) is 0.824. The Morgan fingerprint density at radius 1 is 1.44 bits per heavy atom. The molecule has 1 N–H and O–H groups in total. The van der Waals surface area contributed by atoms with E-state index in [1.807, 2.05) is 6.92 Å². The molecule has 0 saturated heterocycles. The first-order valence-electron chi connectivity index (χ1n) is 4.88. The van der Waals surface area contributed by atoms with Crippen LogP contribution in [0.25, 0.3) is 0 Å². The van der Waals surface area contributed by atoms with Crippen LogP contribution in [0.3, 0.4) is 0 Å².